The lowest BCUT2D eigenvalue weighted by Gasteiger charge is -2.30. The summed E-state index contributed by atoms with van der Waals surface area (Å²) in [5, 5.41) is 8.85. The minimum atomic E-state index is -0.997. The molecular formula is C38H44N6O7. The first-order valence-electron chi connectivity index (χ1n) is 17.0. The average molecular weight is 697 g/mol. The maximum Gasteiger partial charge on any atom is 0.270 e. The minimum absolute atomic E-state index is 0.0751. The lowest BCUT2D eigenvalue weighted by molar-refractivity contribution is -0.123. The van der Waals surface area contributed by atoms with Crippen LogP contribution in [-0.4, -0.2) is 83.9 Å². The number of hydrogen-bond acceptors (Lipinski definition) is 8. The van der Waals surface area contributed by atoms with Crippen LogP contribution in [-0.2, 0) is 22.4 Å². The van der Waals surface area contributed by atoms with Crippen molar-refractivity contribution in [3.05, 3.63) is 106 Å². The molecule has 51 heavy (non-hydrogen) atoms. The van der Waals surface area contributed by atoms with Crippen LogP contribution in [0.15, 0.2) is 77.9 Å². The number of carbonyl (C=O) groups excluding carboxylic acids is 4. The molecule has 0 saturated carbocycles. The molecule has 2 bridgehead atoms. The Morgan fingerprint density at radius 1 is 0.980 bits per heavy atom. The summed E-state index contributed by atoms with van der Waals surface area (Å²) >= 11 is 0. The lowest BCUT2D eigenvalue weighted by Crippen LogP contribution is -2.55. The second-order valence-electron chi connectivity index (χ2n) is 13.0. The van der Waals surface area contributed by atoms with Gasteiger partial charge in [-0.1, -0.05) is 32.0 Å². The van der Waals surface area contributed by atoms with Crippen LogP contribution in [0.2, 0.25) is 0 Å². The maximum atomic E-state index is 14.1. The molecule has 0 saturated heterocycles. The van der Waals surface area contributed by atoms with E-state index >= 15 is 0 Å². The monoisotopic (exact) mass is 696 g/mol. The molecule has 13 nitrogen and oxygen atoms in total. The number of fused-ring (bicyclic) bond motifs is 3. The molecule has 3 heterocycles. The average Bonchev–Trinajstić information content (AvgIpc) is 3.12. The third-order valence-electron chi connectivity index (χ3n) is 8.72. The predicted molar refractivity (Wildman–Crippen MR) is 191 cm³/mol. The van der Waals surface area contributed by atoms with E-state index in [1.54, 1.807) is 62.8 Å². The summed E-state index contributed by atoms with van der Waals surface area (Å²) in [7, 11) is 3.11. The van der Waals surface area contributed by atoms with Crippen molar-refractivity contribution in [1.82, 2.24) is 30.2 Å². The number of aryl methyl sites for hydroxylation is 1. The minimum Gasteiger partial charge on any atom is -0.497 e. The van der Waals surface area contributed by atoms with Gasteiger partial charge < -0.3 is 30.3 Å². The van der Waals surface area contributed by atoms with Gasteiger partial charge >= 0.3 is 0 Å². The second kappa shape index (κ2) is 16.8. The van der Waals surface area contributed by atoms with Crippen molar-refractivity contribution in [3.63, 3.8) is 0 Å². The number of hydrogen-bond donors (Lipinski definition) is 3. The van der Waals surface area contributed by atoms with Gasteiger partial charge in [0.05, 0.1) is 20.8 Å². The van der Waals surface area contributed by atoms with E-state index in [4.69, 9.17) is 9.47 Å². The first kappa shape index (κ1) is 36.6. The Hall–Kier alpha value is -5.72. The predicted octanol–water partition coefficient (Wildman–Crippen LogP) is 2.79. The molecule has 4 amide bonds. The van der Waals surface area contributed by atoms with Gasteiger partial charge in [-0.25, -0.2) is 4.98 Å². The fraction of sp³-hybridized carbons (Fsp3) is 0.368. The molecule has 2 aromatic carbocycles. The number of aromatic nitrogens is 2. The Bertz CT molecular complexity index is 1940. The van der Waals surface area contributed by atoms with Crippen molar-refractivity contribution in [3.8, 4) is 11.5 Å². The number of carbonyl (C=O) groups is 4. The van der Waals surface area contributed by atoms with E-state index in [-0.39, 0.29) is 37.5 Å². The highest BCUT2D eigenvalue weighted by molar-refractivity contribution is 5.98. The number of methoxy groups -OCH3 is 2. The van der Waals surface area contributed by atoms with Gasteiger partial charge in [0.25, 0.3) is 17.4 Å². The van der Waals surface area contributed by atoms with E-state index in [1.807, 2.05) is 26.0 Å². The van der Waals surface area contributed by atoms with Crippen LogP contribution in [0, 0.1) is 5.92 Å². The zero-order chi connectivity index (χ0) is 36.5. The molecule has 13 heteroatoms. The highest BCUT2D eigenvalue weighted by Gasteiger charge is 2.30. The summed E-state index contributed by atoms with van der Waals surface area (Å²) in [6, 6.07) is 15.7. The summed E-state index contributed by atoms with van der Waals surface area (Å²) in [5.41, 5.74) is 1.50. The standard InChI is InChI=1S/C38H44N6O7/c1-24(2)18-28-22-43(37(48)30-21-40-33-9-5-6-17-44(33)38(30)49)23-34(45)39-16-7-8-26-20-27(12-15-32(26)51-4)35(46)42-31(36(47)41-28)19-25-10-13-29(50-3)14-11-25/h5-6,9-15,17,20-21,24,28,31H,7-8,16,18-19,22-23H2,1-4H3,(H,39,45)(H,41,47)(H,42,46)/t28-,31-/m0/s1. The summed E-state index contributed by atoms with van der Waals surface area (Å²) < 4.78 is 12.1. The number of nitrogens with zero attached hydrogens (tertiary/aromatic N) is 3. The maximum absolute atomic E-state index is 14.1. The van der Waals surface area contributed by atoms with E-state index in [9.17, 15) is 24.0 Å². The van der Waals surface area contributed by atoms with Gasteiger partial charge in [0, 0.05) is 43.5 Å². The molecule has 0 aliphatic carbocycles. The highest BCUT2D eigenvalue weighted by Crippen LogP contribution is 2.22. The second-order valence-corrected chi connectivity index (χ2v) is 13.0. The van der Waals surface area contributed by atoms with Gasteiger partial charge in [-0.3, -0.25) is 28.4 Å². The largest absolute Gasteiger partial charge is 0.497 e. The molecular weight excluding hydrogens is 652 g/mol. The smallest absolute Gasteiger partial charge is 0.270 e. The Balaban J connectivity index is 1.52. The Labute approximate surface area is 296 Å². The van der Waals surface area contributed by atoms with E-state index in [2.05, 4.69) is 20.9 Å². The first-order chi connectivity index (χ1) is 24.6. The Morgan fingerprint density at radius 3 is 2.49 bits per heavy atom. The SMILES string of the molecule is COc1ccc(C[C@@H]2NC(=O)c3ccc(OC)c(c3)CCCNC(=O)CN(C(=O)c3cnc4ccccn4c3=O)C[C@H](CC(C)C)NC2=O)cc1. The molecule has 268 valence electrons. The van der Waals surface area contributed by atoms with Crippen molar-refractivity contribution in [2.45, 2.75) is 51.6 Å². The number of benzene rings is 2. The third kappa shape index (κ3) is 9.30. The van der Waals surface area contributed by atoms with Crippen LogP contribution in [0.5, 0.6) is 11.5 Å². The summed E-state index contributed by atoms with van der Waals surface area (Å²) in [6.07, 6.45) is 4.36. The van der Waals surface area contributed by atoms with Gasteiger partial charge in [-0.15, -0.1) is 0 Å². The van der Waals surface area contributed by atoms with E-state index < -0.39 is 41.3 Å². The fourth-order valence-electron chi connectivity index (χ4n) is 6.18. The van der Waals surface area contributed by atoms with E-state index in [0.29, 0.717) is 42.0 Å². The number of ether oxygens (including phenoxy) is 2. The van der Waals surface area contributed by atoms with Crippen LogP contribution in [0.3, 0.4) is 0 Å². The number of rotatable bonds is 7. The van der Waals surface area contributed by atoms with Gasteiger partial charge in [-0.05, 0) is 78.8 Å². The normalized spacial score (nSPS) is 17.7. The number of amides is 4. The van der Waals surface area contributed by atoms with Crippen LogP contribution >= 0.6 is 0 Å². The molecule has 2 atom stereocenters. The van der Waals surface area contributed by atoms with Crippen molar-refractivity contribution in [2.24, 2.45) is 5.92 Å². The van der Waals surface area contributed by atoms with E-state index in [1.165, 1.54) is 21.7 Å². The van der Waals surface area contributed by atoms with Crippen molar-refractivity contribution < 1.29 is 28.7 Å². The number of pyridine rings is 1. The third-order valence-corrected chi connectivity index (χ3v) is 8.72. The molecule has 2 aromatic heterocycles. The summed E-state index contributed by atoms with van der Waals surface area (Å²) in [6.45, 7) is 3.81. The van der Waals surface area contributed by atoms with Crippen LogP contribution in [0.4, 0.5) is 0 Å². The molecule has 4 aromatic rings. The molecule has 0 radical (unpaired) electrons. The molecule has 0 spiro atoms. The topological polar surface area (TPSA) is 160 Å². The Kier molecular flexibility index (Phi) is 12.0. The molecule has 5 rings (SSSR count). The molecule has 0 fully saturated rings. The van der Waals surface area contributed by atoms with Crippen LogP contribution in [0.25, 0.3) is 5.65 Å². The van der Waals surface area contributed by atoms with Crippen LogP contribution < -0.4 is 31.0 Å². The van der Waals surface area contributed by atoms with Crippen molar-refractivity contribution in [1.29, 1.82) is 0 Å². The quantitative estimate of drug-likeness (QED) is 0.266. The van der Waals surface area contributed by atoms with Gasteiger partial charge in [0.15, 0.2) is 0 Å². The Morgan fingerprint density at radius 2 is 1.76 bits per heavy atom. The molecule has 0 unspecified atom stereocenters. The number of nitrogens with one attached hydrogen (secondary N) is 3. The molecule has 1 aliphatic rings. The van der Waals surface area contributed by atoms with Gasteiger partial charge in [0.1, 0.15) is 28.8 Å². The molecule has 1 aliphatic heterocycles. The lowest BCUT2D eigenvalue weighted by atomic mass is 10.00. The van der Waals surface area contributed by atoms with Crippen molar-refractivity contribution in [2.75, 3.05) is 33.9 Å². The zero-order valence-corrected chi connectivity index (χ0v) is 29.3. The highest BCUT2D eigenvalue weighted by atomic mass is 16.5. The van der Waals surface area contributed by atoms with E-state index in [0.717, 1.165) is 11.1 Å². The van der Waals surface area contributed by atoms with Crippen molar-refractivity contribution >= 4 is 29.3 Å². The fourth-order valence-corrected chi connectivity index (χ4v) is 6.18. The summed E-state index contributed by atoms with van der Waals surface area (Å²) in [4.78, 5) is 74.3. The first-order valence-corrected chi connectivity index (χ1v) is 17.0. The van der Waals surface area contributed by atoms with Gasteiger partial charge in [-0.2, -0.15) is 0 Å². The van der Waals surface area contributed by atoms with Gasteiger partial charge in [0.2, 0.25) is 11.8 Å². The molecule has 3 N–H and O–H groups in total. The van der Waals surface area contributed by atoms with Crippen LogP contribution in [0.1, 0.15) is 58.5 Å². The summed E-state index contributed by atoms with van der Waals surface area (Å²) in [5.74, 6) is -0.697. The zero-order valence-electron chi connectivity index (χ0n) is 29.3.